The Labute approximate surface area is 176 Å². The number of hydrogen-bond donors (Lipinski definition) is 1. The van der Waals surface area contributed by atoms with E-state index in [1.165, 1.54) is 6.07 Å². The highest BCUT2D eigenvalue weighted by Gasteiger charge is 2.25. The average molecular weight is 413 g/mol. The Morgan fingerprint density at radius 1 is 1.07 bits per heavy atom. The number of hydrogen-bond acceptors (Lipinski definition) is 5. The van der Waals surface area contributed by atoms with Gasteiger partial charge >= 0.3 is 0 Å². The number of anilines is 1. The number of nitrogens with one attached hydrogen (secondary N) is 1. The molecule has 30 heavy (non-hydrogen) atoms. The number of ether oxygens (including phenoxy) is 2. The van der Waals surface area contributed by atoms with Crippen LogP contribution in [-0.2, 0) is 11.3 Å². The Hall–Kier alpha value is -2.64. The highest BCUT2D eigenvalue weighted by molar-refractivity contribution is 5.94. The second-order valence-corrected chi connectivity index (χ2v) is 7.78. The number of rotatable bonds is 5. The fourth-order valence-corrected chi connectivity index (χ4v) is 3.94. The molecule has 2 heterocycles. The van der Waals surface area contributed by atoms with Crippen LogP contribution in [0.3, 0.4) is 0 Å². The summed E-state index contributed by atoms with van der Waals surface area (Å²) in [5, 5.41) is 2.99. The molecule has 1 atom stereocenters. The number of amides is 1. The number of fused-ring (bicyclic) bond motifs is 1. The quantitative estimate of drug-likeness (QED) is 0.816. The molecule has 0 aromatic heterocycles. The lowest BCUT2D eigenvalue weighted by Crippen LogP contribution is -2.43. The van der Waals surface area contributed by atoms with Crippen LogP contribution in [0.5, 0.6) is 11.5 Å². The van der Waals surface area contributed by atoms with Crippen LogP contribution in [-0.4, -0.2) is 61.1 Å². The largest absolute Gasteiger partial charge is 0.486 e. The van der Waals surface area contributed by atoms with Crippen LogP contribution in [0.1, 0.15) is 18.9 Å². The summed E-state index contributed by atoms with van der Waals surface area (Å²) in [6.07, 6.45) is 0.941. The molecular weight excluding hydrogens is 385 g/mol. The summed E-state index contributed by atoms with van der Waals surface area (Å²) in [6.45, 7) is 6.87. The van der Waals surface area contributed by atoms with Crippen LogP contribution < -0.4 is 14.8 Å². The molecule has 1 saturated heterocycles. The summed E-state index contributed by atoms with van der Waals surface area (Å²) in [7, 11) is 0. The number of nitrogens with zero attached hydrogens (tertiary/aromatic N) is 2. The van der Waals surface area contributed by atoms with Crippen LogP contribution in [0.15, 0.2) is 42.5 Å². The second kappa shape index (κ2) is 9.45. The third kappa shape index (κ3) is 4.91. The molecule has 0 aliphatic carbocycles. The highest BCUT2D eigenvalue weighted by atomic mass is 19.1. The van der Waals surface area contributed by atoms with Crippen molar-refractivity contribution in [1.82, 2.24) is 9.80 Å². The van der Waals surface area contributed by atoms with Gasteiger partial charge in [0.25, 0.3) is 0 Å². The Morgan fingerprint density at radius 2 is 1.87 bits per heavy atom. The van der Waals surface area contributed by atoms with E-state index in [1.807, 2.05) is 31.2 Å². The topological polar surface area (TPSA) is 54.0 Å². The molecular formula is C23H28FN3O3. The van der Waals surface area contributed by atoms with Crippen molar-refractivity contribution in [2.75, 3.05) is 44.7 Å². The molecule has 0 saturated carbocycles. The van der Waals surface area contributed by atoms with Gasteiger partial charge in [0.2, 0.25) is 5.91 Å². The molecule has 160 valence electrons. The average Bonchev–Trinajstić information content (AvgIpc) is 3.00. The molecule has 2 aliphatic rings. The SMILES string of the molecule is CC(C(=O)Nc1ccc2c(c1)OCCO2)N1CCCN(Cc2ccccc2F)CC1. The van der Waals surface area contributed by atoms with Gasteiger partial charge in [-0.2, -0.15) is 0 Å². The molecule has 6 nitrogen and oxygen atoms in total. The van der Waals surface area contributed by atoms with E-state index < -0.39 is 0 Å². The van der Waals surface area contributed by atoms with E-state index in [0.29, 0.717) is 36.9 Å². The number of halogens is 1. The minimum Gasteiger partial charge on any atom is -0.486 e. The van der Waals surface area contributed by atoms with Crippen LogP contribution in [0, 0.1) is 5.82 Å². The molecule has 0 bridgehead atoms. The molecule has 1 amide bonds. The van der Waals surface area contributed by atoms with E-state index >= 15 is 0 Å². The molecule has 7 heteroatoms. The Balaban J connectivity index is 1.32. The molecule has 2 aromatic carbocycles. The van der Waals surface area contributed by atoms with Crippen molar-refractivity contribution < 1.29 is 18.7 Å². The van der Waals surface area contributed by atoms with E-state index in [1.54, 1.807) is 12.1 Å². The zero-order chi connectivity index (χ0) is 20.9. The third-order valence-electron chi connectivity index (χ3n) is 5.71. The van der Waals surface area contributed by atoms with Gasteiger partial charge in [0.15, 0.2) is 11.5 Å². The zero-order valence-electron chi connectivity index (χ0n) is 17.3. The van der Waals surface area contributed by atoms with Crippen molar-refractivity contribution >= 4 is 11.6 Å². The molecule has 1 N–H and O–H groups in total. The number of carbonyl (C=O) groups excluding carboxylic acids is 1. The molecule has 0 spiro atoms. The van der Waals surface area contributed by atoms with Gasteiger partial charge in [-0.3, -0.25) is 14.6 Å². The van der Waals surface area contributed by atoms with Gasteiger partial charge in [0, 0.05) is 43.5 Å². The summed E-state index contributed by atoms with van der Waals surface area (Å²) in [5.74, 6) is 1.15. The van der Waals surface area contributed by atoms with E-state index in [9.17, 15) is 9.18 Å². The third-order valence-corrected chi connectivity index (χ3v) is 5.71. The van der Waals surface area contributed by atoms with Crippen molar-refractivity contribution in [2.24, 2.45) is 0 Å². The first-order valence-electron chi connectivity index (χ1n) is 10.5. The van der Waals surface area contributed by atoms with Crippen LogP contribution in [0.25, 0.3) is 0 Å². The molecule has 0 radical (unpaired) electrons. The van der Waals surface area contributed by atoms with E-state index in [0.717, 1.165) is 38.2 Å². The molecule has 4 rings (SSSR count). The fraction of sp³-hybridized carbons (Fsp3) is 0.435. The molecule has 1 fully saturated rings. The smallest absolute Gasteiger partial charge is 0.241 e. The van der Waals surface area contributed by atoms with Gasteiger partial charge in [-0.15, -0.1) is 0 Å². The van der Waals surface area contributed by atoms with Crippen LogP contribution in [0.2, 0.25) is 0 Å². The molecule has 2 aromatic rings. The lowest BCUT2D eigenvalue weighted by molar-refractivity contribution is -0.120. The molecule has 1 unspecified atom stereocenters. The standard InChI is InChI=1S/C23H28FN3O3/c1-17(23(28)25-19-7-8-21-22(15-19)30-14-13-29-21)27-10-4-9-26(11-12-27)16-18-5-2-3-6-20(18)24/h2-3,5-8,15,17H,4,9-14,16H2,1H3,(H,25,28). The Bertz CT molecular complexity index is 892. The number of benzene rings is 2. The predicted octanol–water partition coefficient (Wildman–Crippen LogP) is 3.13. The summed E-state index contributed by atoms with van der Waals surface area (Å²) >= 11 is 0. The van der Waals surface area contributed by atoms with Gasteiger partial charge in [0.05, 0.1) is 6.04 Å². The zero-order valence-corrected chi connectivity index (χ0v) is 17.3. The van der Waals surface area contributed by atoms with Crippen molar-refractivity contribution in [3.8, 4) is 11.5 Å². The van der Waals surface area contributed by atoms with Gasteiger partial charge in [-0.1, -0.05) is 18.2 Å². The maximum atomic E-state index is 14.0. The minimum atomic E-state index is -0.258. The monoisotopic (exact) mass is 413 g/mol. The predicted molar refractivity (Wildman–Crippen MR) is 113 cm³/mol. The summed E-state index contributed by atoms with van der Waals surface area (Å²) in [4.78, 5) is 17.3. The minimum absolute atomic E-state index is 0.0470. The highest BCUT2D eigenvalue weighted by Crippen LogP contribution is 2.32. The normalized spacial score (nSPS) is 18.5. The van der Waals surface area contributed by atoms with Gasteiger partial charge in [-0.25, -0.2) is 4.39 Å². The van der Waals surface area contributed by atoms with Crippen molar-refractivity contribution in [3.63, 3.8) is 0 Å². The lowest BCUT2D eigenvalue weighted by Gasteiger charge is -2.27. The van der Waals surface area contributed by atoms with Gasteiger partial charge in [-0.05, 0) is 38.1 Å². The van der Waals surface area contributed by atoms with Crippen LogP contribution >= 0.6 is 0 Å². The van der Waals surface area contributed by atoms with E-state index in [2.05, 4.69) is 15.1 Å². The van der Waals surface area contributed by atoms with E-state index in [-0.39, 0.29) is 17.8 Å². The van der Waals surface area contributed by atoms with Crippen molar-refractivity contribution in [3.05, 3.63) is 53.8 Å². The lowest BCUT2D eigenvalue weighted by atomic mass is 10.2. The van der Waals surface area contributed by atoms with Gasteiger partial charge < -0.3 is 14.8 Å². The first-order chi connectivity index (χ1) is 14.6. The van der Waals surface area contributed by atoms with Gasteiger partial charge in [0.1, 0.15) is 19.0 Å². The first kappa shape index (κ1) is 20.6. The summed E-state index contributed by atoms with van der Waals surface area (Å²) in [5.41, 5.74) is 1.42. The maximum absolute atomic E-state index is 14.0. The first-order valence-corrected chi connectivity index (χ1v) is 10.5. The van der Waals surface area contributed by atoms with Crippen LogP contribution in [0.4, 0.5) is 10.1 Å². The number of carbonyl (C=O) groups is 1. The van der Waals surface area contributed by atoms with Crippen molar-refractivity contribution in [2.45, 2.75) is 25.9 Å². The van der Waals surface area contributed by atoms with Crippen molar-refractivity contribution in [1.29, 1.82) is 0 Å². The summed E-state index contributed by atoms with van der Waals surface area (Å²) < 4.78 is 25.1. The Morgan fingerprint density at radius 3 is 2.70 bits per heavy atom. The second-order valence-electron chi connectivity index (χ2n) is 7.78. The molecule has 2 aliphatic heterocycles. The fourth-order valence-electron chi connectivity index (χ4n) is 3.94. The Kier molecular flexibility index (Phi) is 6.50. The maximum Gasteiger partial charge on any atom is 0.241 e. The summed E-state index contributed by atoms with van der Waals surface area (Å²) in [6, 6.07) is 12.1. The van der Waals surface area contributed by atoms with E-state index in [4.69, 9.17) is 9.47 Å².